The second-order valence-corrected chi connectivity index (χ2v) is 3.29. The smallest absolute Gasteiger partial charge is 0.359 e. The lowest BCUT2D eigenvalue weighted by molar-refractivity contribution is -0.150. The first kappa shape index (κ1) is 7.89. The molecule has 7 heteroatoms. The van der Waals surface area contributed by atoms with Crippen molar-refractivity contribution in [2.45, 2.75) is 0 Å². The van der Waals surface area contributed by atoms with Gasteiger partial charge in [0.05, 0.1) is 6.08 Å². The first-order valence-electron chi connectivity index (χ1n) is 2.42. The van der Waals surface area contributed by atoms with Crippen LogP contribution in [0.5, 0.6) is 0 Å². The topological polar surface area (TPSA) is 104 Å². The van der Waals surface area contributed by atoms with Crippen LogP contribution in [-0.4, -0.2) is 20.4 Å². The third-order valence-electron chi connectivity index (χ3n) is 0.950. The minimum Gasteiger partial charge on any atom is -0.386 e. The number of carbonyl (C=O) groups excluding carboxylic acids is 2. The fourth-order valence-electron chi connectivity index (χ4n) is 0.535. The number of rotatable bonds is 1. The summed E-state index contributed by atoms with van der Waals surface area (Å²) in [4.78, 5) is 19.9. The molecule has 0 spiro atoms. The van der Waals surface area contributed by atoms with E-state index in [9.17, 15) is 18.0 Å². The van der Waals surface area contributed by atoms with Gasteiger partial charge in [0.1, 0.15) is 0 Å². The van der Waals surface area contributed by atoms with Crippen LogP contribution < -0.4 is 5.14 Å². The van der Waals surface area contributed by atoms with E-state index in [-0.39, 0.29) is 0 Å². The Kier molecular flexibility index (Phi) is 1.53. The number of esters is 2. The standard InChI is InChI=1S/C4H3NO5S/c5-11(8,9)2-1-3(6)10-4(2)7/h1H,(H2,5,8,9). The zero-order valence-corrected chi connectivity index (χ0v) is 5.92. The molecule has 6 nitrogen and oxygen atoms in total. The molecule has 11 heavy (non-hydrogen) atoms. The molecule has 0 saturated carbocycles. The van der Waals surface area contributed by atoms with E-state index in [2.05, 4.69) is 9.88 Å². The molecule has 60 valence electrons. The minimum atomic E-state index is -4.12. The molecule has 1 rings (SSSR count). The van der Waals surface area contributed by atoms with Crippen molar-refractivity contribution in [3.05, 3.63) is 11.0 Å². The van der Waals surface area contributed by atoms with E-state index in [0.717, 1.165) is 0 Å². The summed E-state index contributed by atoms with van der Waals surface area (Å²) in [5.74, 6) is -2.24. The van der Waals surface area contributed by atoms with Gasteiger partial charge in [0, 0.05) is 0 Å². The SMILES string of the molecule is NS(=O)(=O)C1=CC(=O)OC1=O. The zero-order chi connectivity index (χ0) is 8.65. The van der Waals surface area contributed by atoms with Crippen LogP contribution in [0.15, 0.2) is 11.0 Å². The highest BCUT2D eigenvalue weighted by atomic mass is 32.2. The lowest BCUT2D eigenvalue weighted by atomic mass is 10.6. The van der Waals surface area contributed by atoms with Crippen LogP contribution in [0, 0.1) is 0 Å². The van der Waals surface area contributed by atoms with Crippen molar-refractivity contribution in [1.82, 2.24) is 0 Å². The van der Waals surface area contributed by atoms with Gasteiger partial charge in [-0.1, -0.05) is 0 Å². The summed E-state index contributed by atoms with van der Waals surface area (Å²) in [6.07, 6.45) is 0.539. The Hall–Kier alpha value is -1.21. The Morgan fingerprint density at radius 3 is 2.09 bits per heavy atom. The molecule has 0 fully saturated rings. The molecule has 0 aromatic rings. The predicted molar refractivity (Wildman–Crippen MR) is 32.3 cm³/mol. The fraction of sp³-hybridized carbons (Fsp3) is 0. The van der Waals surface area contributed by atoms with E-state index >= 15 is 0 Å². The van der Waals surface area contributed by atoms with E-state index in [4.69, 9.17) is 0 Å². The Bertz CT molecular complexity index is 351. The summed E-state index contributed by atoms with van der Waals surface area (Å²) < 4.78 is 24.8. The fourth-order valence-corrected chi connectivity index (χ4v) is 1.07. The van der Waals surface area contributed by atoms with Crippen LogP contribution in [-0.2, 0) is 24.3 Å². The van der Waals surface area contributed by atoms with Crippen molar-refractivity contribution in [1.29, 1.82) is 0 Å². The van der Waals surface area contributed by atoms with Gasteiger partial charge in [-0.3, -0.25) is 0 Å². The van der Waals surface area contributed by atoms with Crippen LogP contribution in [0.25, 0.3) is 0 Å². The monoisotopic (exact) mass is 177 g/mol. The van der Waals surface area contributed by atoms with E-state index in [0.29, 0.717) is 6.08 Å². The second kappa shape index (κ2) is 2.14. The summed E-state index contributed by atoms with van der Waals surface area (Å²) >= 11 is 0. The number of primary sulfonamides is 1. The number of hydrogen-bond donors (Lipinski definition) is 1. The molecule has 0 amide bonds. The van der Waals surface area contributed by atoms with Gasteiger partial charge in [-0.15, -0.1) is 0 Å². The van der Waals surface area contributed by atoms with Crippen LogP contribution >= 0.6 is 0 Å². The third-order valence-corrected chi connectivity index (χ3v) is 1.85. The second-order valence-electron chi connectivity index (χ2n) is 1.76. The summed E-state index contributed by atoms with van der Waals surface area (Å²) in [6.45, 7) is 0. The van der Waals surface area contributed by atoms with Gasteiger partial charge >= 0.3 is 11.9 Å². The highest BCUT2D eigenvalue weighted by Crippen LogP contribution is 2.11. The minimum absolute atomic E-state index is 0.539. The Balaban J connectivity index is 3.18. The Morgan fingerprint density at radius 1 is 1.36 bits per heavy atom. The summed E-state index contributed by atoms with van der Waals surface area (Å²) in [6, 6.07) is 0. The van der Waals surface area contributed by atoms with Crippen LogP contribution in [0.3, 0.4) is 0 Å². The normalized spacial score (nSPS) is 18.1. The van der Waals surface area contributed by atoms with Crippen molar-refractivity contribution in [2.75, 3.05) is 0 Å². The highest BCUT2D eigenvalue weighted by Gasteiger charge is 2.31. The molecule has 0 aliphatic carbocycles. The average molecular weight is 177 g/mol. The first-order valence-corrected chi connectivity index (χ1v) is 3.96. The largest absolute Gasteiger partial charge is 0.386 e. The van der Waals surface area contributed by atoms with E-state index < -0.39 is 26.9 Å². The summed E-state index contributed by atoms with van der Waals surface area (Å²) in [5.41, 5.74) is 0. The number of hydrogen-bond acceptors (Lipinski definition) is 5. The number of sulfonamides is 1. The van der Waals surface area contributed by atoms with Crippen molar-refractivity contribution in [2.24, 2.45) is 5.14 Å². The van der Waals surface area contributed by atoms with Gasteiger partial charge in [0.2, 0.25) is 10.0 Å². The molecule has 0 bridgehead atoms. The zero-order valence-electron chi connectivity index (χ0n) is 5.10. The van der Waals surface area contributed by atoms with Crippen LogP contribution in [0.4, 0.5) is 0 Å². The number of carbonyl (C=O) groups is 2. The van der Waals surface area contributed by atoms with Crippen molar-refractivity contribution >= 4 is 22.0 Å². The molecule has 2 N–H and O–H groups in total. The predicted octanol–water partition coefficient (Wildman–Crippen LogP) is -1.76. The molecule has 0 saturated heterocycles. The van der Waals surface area contributed by atoms with E-state index in [1.165, 1.54) is 0 Å². The van der Waals surface area contributed by atoms with Crippen molar-refractivity contribution < 1.29 is 22.7 Å². The van der Waals surface area contributed by atoms with Gasteiger partial charge in [0.15, 0.2) is 4.91 Å². The van der Waals surface area contributed by atoms with Gasteiger partial charge in [-0.05, 0) is 0 Å². The molecule has 0 radical (unpaired) electrons. The van der Waals surface area contributed by atoms with Crippen LogP contribution in [0.2, 0.25) is 0 Å². The highest BCUT2D eigenvalue weighted by molar-refractivity contribution is 7.94. The molecular weight excluding hydrogens is 174 g/mol. The third kappa shape index (κ3) is 1.44. The maximum Gasteiger partial charge on any atom is 0.359 e. The van der Waals surface area contributed by atoms with Crippen molar-refractivity contribution in [3.8, 4) is 0 Å². The molecule has 1 aliphatic rings. The Labute approximate surface area is 61.7 Å². The first-order chi connectivity index (χ1) is 4.91. The van der Waals surface area contributed by atoms with Gasteiger partial charge in [-0.25, -0.2) is 23.1 Å². The lowest BCUT2D eigenvalue weighted by Crippen LogP contribution is -2.18. The molecule has 1 aliphatic heterocycles. The van der Waals surface area contributed by atoms with Crippen molar-refractivity contribution in [3.63, 3.8) is 0 Å². The Morgan fingerprint density at radius 2 is 1.91 bits per heavy atom. The maximum absolute atomic E-state index is 10.5. The summed E-state index contributed by atoms with van der Waals surface area (Å²) in [5, 5.41) is 4.54. The molecule has 0 aromatic heterocycles. The van der Waals surface area contributed by atoms with Gasteiger partial charge < -0.3 is 4.74 Å². The number of nitrogens with two attached hydrogens (primary N) is 1. The lowest BCUT2D eigenvalue weighted by Gasteiger charge is -1.91. The molecule has 0 aromatic carbocycles. The molecule has 1 heterocycles. The van der Waals surface area contributed by atoms with Gasteiger partial charge in [0.25, 0.3) is 0 Å². The number of ether oxygens (including phenoxy) is 1. The van der Waals surface area contributed by atoms with E-state index in [1.807, 2.05) is 0 Å². The van der Waals surface area contributed by atoms with Crippen LogP contribution in [0.1, 0.15) is 0 Å². The molecule has 0 atom stereocenters. The average Bonchev–Trinajstić information content (AvgIpc) is 2.08. The maximum atomic E-state index is 10.5. The summed E-state index contributed by atoms with van der Waals surface area (Å²) in [7, 11) is -4.12. The molecule has 0 unspecified atom stereocenters. The molecular formula is C4H3NO5S. The number of cyclic esters (lactones) is 2. The van der Waals surface area contributed by atoms with E-state index in [1.54, 1.807) is 0 Å². The quantitative estimate of drug-likeness (QED) is 0.377. The van der Waals surface area contributed by atoms with Gasteiger partial charge in [-0.2, -0.15) is 0 Å².